The summed E-state index contributed by atoms with van der Waals surface area (Å²) < 4.78 is 11.6. The zero-order valence-electron chi connectivity index (χ0n) is 17.2. The lowest BCUT2D eigenvalue weighted by atomic mass is 9.92. The summed E-state index contributed by atoms with van der Waals surface area (Å²) in [6.45, 7) is 0.289. The van der Waals surface area contributed by atoms with Crippen molar-refractivity contribution in [3.63, 3.8) is 0 Å². The number of hydrogen-bond acceptors (Lipinski definition) is 5. The van der Waals surface area contributed by atoms with Crippen LogP contribution in [-0.4, -0.2) is 60.5 Å². The molecule has 0 radical (unpaired) electrons. The van der Waals surface area contributed by atoms with Crippen LogP contribution < -0.4 is 14.8 Å². The highest BCUT2D eigenvalue weighted by molar-refractivity contribution is 6.09. The van der Waals surface area contributed by atoms with E-state index in [1.54, 1.807) is 7.05 Å². The van der Waals surface area contributed by atoms with Crippen molar-refractivity contribution in [1.82, 2.24) is 15.1 Å². The number of rotatable bonds is 4. The van der Waals surface area contributed by atoms with E-state index in [-0.39, 0.29) is 31.0 Å². The molecule has 0 bridgehead atoms. The van der Waals surface area contributed by atoms with Crippen molar-refractivity contribution >= 4 is 17.8 Å². The molecule has 2 aliphatic heterocycles. The molecule has 0 aromatic heterocycles. The molecule has 2 atom stereocenters. The number of benzene rings is 2. The van der Waals surface area contributed by atoms with Gasteiger partial charge in [0.2, 0.25) is 5.91 Å². The average Bonchev–Trinajstić information content (AvgIpc) is 3.26. The standard InChI is InChI=1S/C23H23N3O5/c1-25(12-16-14-30-18-8-4-5-9-19(18)31-16)20(27)13-26-21(28)23(24-22(26)29)11-10-15-6-2-3-7-17(15)23/h2-9,16H,10-14H2,1H3,(H,24,29)/t16-,23-/m0/s1. The van der Waals surface area contributed by atoms with E-state index in [0.717, 1.165) is 16.0 Å². The monoisotopic (exact) mass is 421 g/mol. The Morgan fingerprint density at radius 2 is 1.90 bits per heavy atom. The van der Waals surface area contributed by atoms with E-state index >= 15 is 0 Å². The van der Waals surface area contributed by atoms with E-state index in [4.69, 9.17) is 9.47 Å². The predicted molar refractivity (Wildman–Crippen MR) is 111 cm³/mol. The number of ether oxygens (including phenoxy) is 2. The molecular weight excluding hydrogens is 398 g/mol. The first-order chi connectivity index (χ1) is 15.0. The van der Waals surface area contributed by atoms with Crippen LogP contribution in [0.4, 0.5) is 4.79 Å². The Hall–Kier alpha value is -3.55. The van der Waals surface area contributed by atoms with Crippen LogP contribution in [0.5, 0.6) is 11.5 Å². The Morgan fingerprint density at radius 3 is 2.74 bits per heavy atom. The van der Waals surface area contributed by atoms with E-state index in [1.165, 1.54) is 4.90 Å². The highest BCUT2D eigenvalue weighted by Gasteiger charge is 2.55. The van der Waals surface area contributed by atoms with E-state index in [1.807, 2.05) is 48.5 Å². The zero-order chi connectivity index (χ0) is 21.6. The molecule has 2 aromatic rings. The van der Waals surface area contributed by atoms with Crippen LogP contribution >= 0.6 is 0 Å². The molecule has 0 saturated carbocycles. The maximum absolute atomic E-state index is 13.2. The topological polar surface area (TPSA) is 88.2 Å². The minimum atomic E-state index is -1.06. The molecule has 1 saturated heterocycles. The van der Waals surface area contributed by atoms with E-state index in [0.29, 0.717) is 30.9 Å². The molecule has 8 heteroatoms. The number of carbonyl (C=O) groups excluding carboxylic acids is 3. The number of nitrogens with zero attached hydrogens (tertiary/aromatic N) is 2. The number of para-hydroxylation sites is 2. The molecular formula is C23H23N3O5. The fourth-order valence-electron chi connectivity index (χ4n) is 4.55. The van der Waals surface area contributed by atoms with Crippen LogP contribution in [0, 0.1) is 0 Å². The Bertz CT molecular complexity index is 1070. The third-order valence-corrected chi connectivity index (χ3v) is 6.19. The molecule has 2 heterocycles. The summed E-state index contributed by atoms with van der Waals surface area (Å²) in [4.78, 5) is 41.1. The molecule has 2 aromatic carbocycles. The molecule has 160 valence electrons. The fraction of sp³-hybridized carbons (Fsp3) is 0.348. The summed E-state index contributed by atoms with van der Waals surface area (Å²) in [5.74, 6) is 0.606. The summed E-state index contributed by atoms with van der Waals surface area (Å²) in [5, 5.41) is 2.84. The number of aryl methyl sites for hydroxylation is 1. The minimum Gasteiger partial charge on any atom is -0.486 e. The molecule has 1 fully saturated rings. The van der Waals surface area contributed by atoms with Gasteiger partial charge >= 0.3 is 6.03 Å². The van der Waals surface area contributed by atoms with Gasteiger partial charge in [0.15, 0.2) is 17.6 Å². The SMILES string of the molecule is CN(C[C@H]1COc2ccccc2O1)C(=O)CN1C(=O)N[C@]2(CCc3ccccc32)C1=O. The van der Waals surface area contributed by atoms with Gasteiger partial charge in [0.25, 0.3) is 5.91 Å². The van der Waals surface area contributed by atoms with E-state index in [2.05, 4.69) is 5.32 Å². The molecule has 31 heavy (non-hydrogen) atoms. The van der Waals surface area contributed by atoms with Crippen molar-refractivity contribution in [3.8, 4) is 11.5 Å². The van der Waals surface area contributed by atoms with Crippen LogP contribution in [-0.2, 0) is 21.5 Å². The second kappa shape index (κ2) is 7.30. The number of carbonyl (C=O) groups is 3. The van der Waals surface area contributed by atoms with Crippen molar-refractivity contribution in [1.29, 1.82) is 0 Å². The van der Waals surface area contributed by atoms with Crippen LogP contribution in [0.2, 0.25) is 0 Å². The molecule has 0 unspecified atom stereocenters. The first kappa shape index (κ1) is 19.4. The van der Waals surface area contributed by atoms with Crippen molar-refractivity contribution in [3.05, 3.63) is 59.7 Å². The lowest BCUT2D eigenvalue weighted by Gasteiger charge is -2.30. The smallest absolute Gasteiger partial charge is 0.325 e. The normalized spacial score (nSPS) is 23.6. The molecule has 3 aliphatic rings. The summed E-state index contributed by atoms with van der Waals surface area (Å²) >= 11 is 0. The average molecular weight is 421 g/mol. The second-order valence-corrected chi connectivity index (χ2v) is 8.16. The van der Waals surface area contributed by atoms with Gasteiger partial charge in [-0.15, -0.1) is 0 Å². The number of hydrogen-bond donors (Lipinski definition) is 1. The van der Waals surface area contributed by atoms with Crippen molar-refractivity contribution in [2.24, 2.45) is 0 Å². The maximum Gasteiger partial charge on any atom is 0.325 e. The quantitative estimate of drug-likeness (QED) is 0.759. The fourth-order valence-corrected chi connectivity index (χ4v) is 4.55. The van der Waals surface area contributed by atoms with Crippen molar-refractivity contribution in [2.45, 2.75) is 24.5 Å². The van der Waals surface area contributed by atoms with E-state index in [9.17, 15) is 14.4 Å². The van der Waals surface area contributed by atoms with Gasteiger partial charge in [-0.1, -0.05) is 36.4 Å². The third-order valence-electron chi connectivity index (χ3n) is 6.19. The van der Waals surface area contributed by atoms with Crippen LogP contribution in [0.15, 0.2) is 48.5 Å². The highest BCUT2D eigenvalue weighted by Crippen LogP contribution is 2.41. The number of imide groups is 1. The number of nitrogens with one attached hydrogen (secondary N) is 1. The third kappa shape index (κ3) is 3.19. The lowest BCUT2D eigenvalue weighted by Crippen LogP contribution is -2.47. The van der Waals surface area contributed by atoms with Gasteiger partial charge in [0.05, 0.1) is 6.54 Å². The van der Waals surface area contributed by atoms with Crippen LogP contribution in [0.3, 0.4) is 0 Å². The first-order valence-electron chi connectivity index (χ1n) is 10.3. The summed E-state index contributed by atoms with van der Waals surface area (Å²) in [7, 11) is 1.63. The van der Waals surface area contributed by atoms with Gasteiger partial charge in [0, 0.05) is 7.05 Å². The van der Waals surface area contributed by atoms with Gasteiger partial charge in [-0.25, -0.2) is 4.79 Å². The highest BCUT2D eigenvalue weighted by atomic mass is 16.6. The van der Waals surface area contributed by atoms with Gasteiger partial charge in [0.1, 0.15) is 18.7 Å². The molecule has 1 N–H and O–H groups in total. The minimum absolute atomic E-state index is 0.283. The van der Waals surface area contributed by atoms with Crippen LogP contribution in [0.25, 0.3) is 0 Å². The van der Waals surface area contributed by atoms with Gasteiger partial charge in [-0.3, -0.25) is 14.5 Å². The molecule has 4 amide bonds. The van der Waals surface area contributed by atoms with Gasteiger partial charge < -0.3 is 19.7 Å². The van der Waals surface area contributed by atoms with Gasteiger partial charge in [-0.05, 0) is 36.1 Å². The largest absolute Gasteiger partial charge is 0.486 e. The Kier molecular flexibility index (Phi) is 4.57. The predicted octanol–water partition coefficient (Wildman–Crippen LogP) is 1.68. The molecule has 5 rings (SSSR count). The number of fused-ring (bicyclic) bond motifs is 3. The number of urea groups is 1. The van der Waals surface area contributed by atoms with Crippen molar-refractivity contribution < 1.29 is 23.9 Å². The summed E-state index contributed by atoms with van der Waals surface area (Å²) in [6.07, 6.45) is 0.883. The second-order valence-electron chi connectivity index (χ2n) is 8.16. The number of likely N-dealkylation sites (N-methyl/N-ethyl adjacent to an activating group) is 1. The lowest BCUT2D eigenvalue weighted by molar-refractivity contribution is -0.139. The molecule has 1 aliphatic carbocycles. The van der Waals surface area contributed by atoms with Crippen LogP contribution in [0.1, 0.15) is 17.5 Å². The Balaban J connectivity index is 1.25. The molecule has 8 nitrogen and oxygen atoms in total. The van der Waals surface area contributed by atoms with Gasteiger partial charge in [-0.2, -0.15) is 0 Å². The zero-order valence-corrected chi connectivity index (χ0v) is 17.2. The Morgan fingerprint density at radius 1 is 1.16 bits per heavy atom. The molecule has 1 spiro atoms. The first-order valence-corrected chi connectivity index (χ1v) is 10.3. The number of amides is 4. The Labute approximate surface area is 179 Å². The van der Waals surface area contributed by atoms with Crippen molar-refractivity contribution in [2.75, 3.05) is 26.7 Å². The maximum atomic E-state index is 13.2. The van der Waals surface area contributed by atoms with E-state index < -0.39 is 11.6 Å². The summed E-state index contributed by atoms with van der Waals surface area (Å²) in [5.41, 5.74) is 0.815. The summed E-state index contributed by atoms with van der Waals surface area (Å²) in [6, 6.07) is 14.5.